The summed E-state index contributed by atoms with van der Waals surface area (Å²) in [7, 11) is 0. The minimum absolute atomic E-state index is 0.0297. The third kappa shape index (κ3) is 4.03. The molecule has 6 nitrogen and oxygen atoms in total. The highest BCUT2D eigenvalue weighted by molar-refractivity contribution is 7.17. The summed E-state index contributed by atoms with van der Waals surface area (Å²) in [5.74, 6) is -3.47. The van der Waals surface area contributed by atoms with Crippen LogP contribution in [0.15, 0.2) is 24.3 Å². The molecule has 0 saturated heterocycles. The van der Waals surface area contributed by atoms with Crippen molar-refractivity contribution in [3.05, 3.63) is 40.5 Å². The molecule has 1 heterocycles. The number of fused-ring (bicyclic) bond motifs is 2. The van der Waals surface area contributed by atoms with E-state index in [2.05, 4.69) is 5.32 Å². The van der Waals surface area contributed by atoms with Crippen LogP contribution in [0.2, 0.25) is 0 Å². The molecule has 0 radical (unpaired) electrons. The number of hydrogen-bond donors (Lipinski definition) is 2. The summed E-state index contributed by atoms with van der Waals surface area (Å²) in [6, 6.07) is 5.81. The second-order valence-electron chi connectivity index (χ2n) is 8.59. The monoisotopic (exact) mass is 459 g/mol. The number of esters is 1. The van der Waals surface area contributed by atoms with Crippen molar-refractivity contribution in [2.24, 2.45) is 23.7 Å². The van der Waals surface area contributed by atoms with Crippen molar-refractivity contribution in [2.45, 2.75) is 39.5 Å². The maximum absolute atomic E-state index is 13.5. The van der Waals surface area contributed by atoms with E-state index in [4.69, 9.17) is 4.74 Å². The molecule has 32 heavy (non-hydrogen) atoms. The molecule has 4 atom stereocenters. The summed E-state index contributed by atoms with van der Waals surface area (Å²) < 4.78 is 18.8. The van der Waals surface area contributed by atoms with Gasteiger partial charge in [-0.25, -0.2) is 9.18 Å². The van der Waals surface area contributed by atoms with Crippen LogP contribution in [-0.4, -0.2) is 29.6 Å². The van der Waals surface area contributed by atoms with Gasteiger partial charge in [0.15, 0.2) is 0 Å². The number of ether oxygens (including phenoxy) is 1. The number of carbonyl (C=O) groups excluding carboxylic acids is 2. The number of amides is 1. The Morgan fingerprint density at radius 3 is 2.44 bits per heavy atom. The number of thiophene rings is 1. The van der Waals surface area contributed by atoms with Gasteiger partial charge in [0.05, 0.1) is 18.4 Å². The van der Waals surface area contributed by atoms with Gasteiger partial charge in [-0.2, -0.15) is 0 Å². The lowest BCUT2D eigenvalue weighted by molar-refractivity contribution is -0.148. The number of anilines is 1. The lowest BCUT2D eigenvalue weighted by Crippen LogP contribution is -2.38. The van der Waals surface area contributed by atoms with Crippen LogP contribution >= 0.6 is 11.3 Å². The fourth-order valence-corrected chi connectivity index (χ4v) is 6.34. The SMILES string of the molecule is CCCOC(=O)c1c(NC(=O)[C@@H]2[C@@H]3CC[C@@H](C3)[C@@H]2C(=O)O)sc(C)c1-c1ccc(F)cc1. The number of hydrogen-bond acceptors (Lipinski definition) is 5. The zero-order valence-electron chi connectivity index (χ0n) is 18.0. The van der Waals surface area contributed by atoms with E-state index in [0.717, 1.165) is 24.1 Å². The molecule has 1 aromatic heterocycles. The van der Waals surface area contributed by atoms with Gasteiger partial charge < -0.3 is 15.2 Å². The van der Waals surface area contributed by atoms with E-state index in [1.807, 2.05) is 13.8 Å². The van der Waals surface area contributed by atoms with Gasteiger partial charge in [-0.3, -0.25) is 9.59 Å². The molecule has 1 amide bonds. The molecular weight excluding hydrogens is 433 g/mol. The number of aliphatic carboxylic acids is 1. The third-order valence-corrected chi connectivity index (χ3v) is 7.62. The summed E-state index contributed by atoms with van der Waals surface area (Å²) in [5.41, 5.74) is 1.47. The topological polar surface area (TPSA) is 92.7 Å². The van der Waals surface area contributed by atoms with Crippen molar-refractivity contribution in [1.29, 1.82) is 0 Å². The molecule has 2 bridgehead atoms. The number of carbonyl (C=O) groups is 3. The van der Waals surface area contributed by atoms with Crippen LogP contribution in [0.3, 0.4) is 0 Å². The average molecular weight is 460 g/mol. The molecule has 2 N–H and O–H groups in total. The number of carboxylic acid groups (broad SMARTS) is 1. The first-order valence-electron chi connectivity index (χ1n) is 10.9. The summed E-state index contributed by atoms with van der Waals surface area (Å²) >= 11 is 1.24. The zero-order chi connectivity index (χ0) is 23.0. The molecule has 170 valence electrons. The Bertz CT molecular complexity index is 1050. The number of aryl methyl sites for hydroxylation is 1. The number of carboxylic acids is 1. The Hall–Kier alpha value is -2.74. The van der Waals surface area contributed by atoms with E-state index >= 15 is 0 Å². The first-order chi connectivity index (χ1) is 15.3. The lowest BCUT2D eigenvalue weighted by atomic mass is 9.78. The Balaban J connectivity index is 1.69. The Morgan fingerprint density at radius 2 is 1.81 bits per heavy atom. The summed E-state index contributed by atoms with van der Waals surface area (Å²) in [6.45, 7) is 3.95. The van der Waals surface area contributed by atoms with Gasteiger partial charge in [-0.1, -0.05) is 19.1 Å². The van der Waals surface area contributed by atoms with Gasteiger partial charge in [0.25, 0.3) is 0 Å². The summed E-state index contributed by atoms with van der Waals surface area (Å²) in [6.07, 6.45) is 3.09. The van der Waals surface area contributed by atoms with Crippen LogP contribution in [0.4, 0.5) is 9.39 Å². The van der Waals surface area contributed by atoms with Gasteiger partial charge in [-0.15, -0.1) is 11.3 Å². The van der Waals surface area contributed by atoms with Crippen molar-refractivity contribution in [1.82, 2.24) is 0 Å². The van der Waals surface area contributed by atoms with E-state index in [1.165, 1.54) is 23.5 Å². The quantitative estimate of drug-likeness (QED) is 0.561. The fraction of sp³-hybridized carbons (Fsp3) is 0.458. The van der Waals surface area contributed by atoms with Crippen molar-refractivity contribution in [3.8, 4) is 11.1 Å². The van der Waals surface area contributed by atoms with E-state index in [0.29, 0.717) is 22.5 Å². The van der Waals surface area contributed by atoms with E-state index in [1.54, 1.807) is 12.1 Å². The highest BCUT2D eigenvalue weighted by Crippen LogP contribution is 2.53. The largest absolute Gasteiger partial charge is 0.481 e. The van der Waals surface area contributed by atoms with Crippen molar-refractivity contribution < 1.29 is 28.6 Å². The minimum atomic E-state index is -0.936. The second kappa shape index (κ2) is 9.02. The molecule has 2 aromatic rings. The maximum Gasteiger partial charge on any atom is 0.341 e. The average Bonchev–Trinajstić information content (AvgIpc) is 3.45. The molecule has 1 aromatic carbocycles. The van der Waals surface area contributed by atoms with Gasteiger partial charge in [0.1, 0.15) is 16.4 Å². The Morgan fingerprint density at radius 1 is 1.16 bits per heavy atom. The van der Waals surface area contributed by atoms with Crippen molar-refractivity contribution in [3.63, 3.8) is 0 Å². The van der Waals surface area contributed by atoms with E-state index < -0.39 is 23.8 Å². The van der Waals surface area contributed by atoms with Gasteiger partial charge >= 0.3 is 11.9 Å². The van der Waals surface area contributed by atoms with Crippen LogP contribution in [0.25, 0.3) is 11.1 Å². The maximum atomic E-state index is 13.5. The Labute approximate surface area is 189 Å². The van der Waals surface area contributed by atoms with Crippen molar-refractivity contribution in [2.75, 3.05) is 11.9 Å². The molecule has 0 aliphatic heterocycles. The summed E-state index contributed by atoms with van der Waals surface area (Å²) in [4.78, 5) is 38.8. The molecule has 0 unspecified atom stereocenters. The number of nitrogens with one attached hydrogen (secondary N) is 1. The number of halogens is 1. The normalized spacial score (nSPS) is 23.8. The third-order valence-electron chi connectivity index (χ3n) is 6.60. The molecule has 4 rings (SSSR count). The molecule has 8 heteroatoms. The first-order valence-corrected chi connectivity index (χ1v) is 11.7. The summed E-state index contributed by atoms with van der Waals surface area (Å²) in [5, 5.41) is 12.9. The minimum Gasteiger partial charge on any atom is -0.481 e. The van der Waals surface area contributed by atoms with Crippen LogP contribution in [0, 0.1) is 36.4 Å². The molecule has 2 aliphatic rings. The Kier molecular flexibility index (Phi) is 6.33. The molecule has 2 aliphatic carbocycles. The fourth-order valence-electron chi connectivity index (χ4n) is 5.28. The molecule has 2 fully saturated rings. The highest BCUT2D eigenvalue weighted by atomic mass is 32.1. The van der Waals surface area contributed by atoms with Crippen LogP contribution in [0.5, 0.6) is 0 Å². The van der Waals surface area contributed by atoms with Crippen LogP contribution in [0.1, 0.15) is 47.8 Å². The predicted molar refractivity (Wildman–Crippen MR) is 119 cm³/mol. The first kappa shape index (κ1) is 22.5. The lowest BCUT2D eigenvalue weighted by Gasteiger charge is -2.27. The zero-order valence-corrected chi connectivity index (χ0v) is 18.8. The highest BCUT2D eigenvalue weighted by Gasteiger charge is 2.54. The second-order valence-corrected chi connectivity index (χ2v) is 9.82. The van der Waals surface area contributed by atoms with Gasteiger partial charge in [-0.05, 0) is 62.1 Å². The van der Waals surface area contributed by atoms with Gasteiger partial charge in [0.2, 0.25) is 5.91 Å². The molecular formula is C24H26FNO5S. The van der Waals surface area contributed by atoms with Crippen LogP contribution in [-0.2, 0) is 14.3 Å². The van der Waals surface area contributed by atoms with Crippen molar-refractivity contribution >= 4 is 34.2 Å². The number of rotatable bonds is 7. The van der Waals surface area contributed by atoms with Crippen LogP contribution < -0.4 is 5.32 Å². The number of benzene rings is 1. The smallest absolute Gasteiger partial charge is 0.341 e. The van der Waals surface area contributed by atoms with E-state index in [9.17, 15) is 23.9 Å². The molecule has 2 saturated carbocycles. The standard InChI is InChI=1S/C24H26FNO5S/c1-3-10-31-24(30)20-17(13-6-8-16(25)9-7-13)12(2)32-22(20)26-21(27)18-14-4-5-15(11-14)19(18)23(28)29/h6-9,14-15,18-19H,3-5,10-11H2,1-2H3,(H,26,27)(H,28,29)/t14-,15+,18-,19+/m1/s1. The predicted octanol–water partition coefficient (Wildman–Crippen LogP) is 5.11. The van der Waals surface area contributed by atoms with E-state index in [-0.39, 0.29) is 35.7 Å². The molecule has 0 spiro atoms. The van der Waals surface area contributed by atoms with Gasteiger partial charge in [0, 0.05) is 10.4 Å².